The van der Waals surface area contributed by atoms with Crippen molar-refractivity contribution in [2.24, 2.45) is 0 Å². The van der Waals surface area contributed by atoms with Gasteiger partial charge < -0.3 is 9.31 Å². The smallest absolute Gasteiger partial charge is 0.405 e. The minimum Gasteiger partial charge on any atom is -0.405 e. The summed E-state index contributed by atoms with van der Waals surface area (Å²) in [5, 5.41) is 0. The van der Waals surface area contributed by atoms with Crippen LogP contribution in [0, 0.1) is 0 Å². The second-order valence-corrected chi connectivity index (χ2v) is 5.02. The zero-order valence-corrected chi connectivity index (χ0v) is 10.4. The Morgan fingerprint density at radius 3 is 2.29 bits per heavy atom. The van der Waals surface area contributed by atoms with Crippen LogP contribution in [-0.2, 0) is 9.31 Å². The van der Waals surface area contributed by atoms with E-state index in [2.05, 4.69) is 38.1 Å². The van der Waals surface area contributed by atoms with Crippen LogP contribution in [0.5, 0.6) is 0 Å². The summed E-state index contributed by atoms with van der Waals surface area (Å²) in [5.74, 6) is 0.666. The highest BCUT2D eigenvalue weighted by Crippen LogP contribution is 2.48. The molecule has 0 radical (unpaired) electrons. The Morgan fingerprint density at radius 2 is 1.76 bits per heavy atom. The van der Waals surface area contributed by atoms with Crippen molar-refractivity contribution in [3.05, 3.63) is 41.0 Å². The van der Waals surface area contributed by atoms with E-state index in [-0.39, 0.29) is 7.12 Å². The van der Waals surface area contributed by atoms with Gasteiger partial charge in [-0.05, 0) is 31.3 Å². The van der Waals surface area contributed by atoms with Crippen molar-refractivity contribution in [3.8, 4) is 0 Å². The van der Waals surface area contributed by atoms with Gasteiger partial charge in [-0.15, -0.1) is 0 Å². The standard InChI is InChI=1S/C14H17BO2/c1-10(2)13-9-14(13)11-3-5-12(6-4-11)15-16-7-8-17-15/h3-6,14H,7-9H2,1-2H3. The molecular formula is C14H17BO2. The first-order valence-electron chi connectivity index (χ1n) is 6.25. The first kappa shape index (κ1) is 11.1. The van der Waals surface area contributed by atoms with Crippen LogP contribution < -0.4 is 5.46 Å². The largest absolute Gasteiger partial charge is 0.494 e. The molecule has 1 atom stereocenters. The van der Waals surface area contributed by atoms with E-state index in [0.29, 0.717) is 19.1 Å². The Bertz CT molecular complexity index is 440. The average molecular weight is 228 g/mol. The van der Waals surface area contributed by atoms with Gasteiger partial charge in [-0.3, -0.25) is 0 Å². The molecule has 2 nitrogen and oxygen atoms in total. The lowest BCUT2D eigenvalue weighted by Gasteiger charge is -2.05. The summed E-state index contributed by atoms with van der Waals surface area (Å²) in [6.07, 6.45) is 1.23. The molecule has 0 spiro atoms. The van der Waals surface area contributed by atoms with Crippen molar-refractivity contribution in [1.82, 2.24) is 0 Å². The predicted octanol–water partition coefficient (Wildman–Crippen LogP) is 2.25. The van der Waals surface area contributed by atoms with Gasteiger partial charge in [0.1, 0.15) is 0 Å². The third-order valence-electron chi connectivity index (χ3n) is 3.56. The summed E-state index contributed by atoms with van der Waals surface area (Å²) >= 11 is 0. The number of hydrogen-bond acceptors (Lipinski definition) is 2. The monoisotopic (exact) mass is 228 g/mol. The molecular weight excluding hydrogens is 211 g/mol. The molecule has 1 aromatic rings. The topological polar surface area (TPSA) is 18.5 Å². The highest BCUT2D eigenvalue weighted by atomic mass is 16.6. The van der Waals surface area contributed by atoms with Gasteiger partial charge in [0, 0.05) is 5.92 Å². The minimum absolute atomic E-state index is 0.147. The first-order valence-corrected chi connectivity index (χ1v) is 6.25. The molecule has 88 valence electrons. The number of rotatable bonds is 2. The molecule has 2 fully saturated rings. The van der Waals surface area contributed by atoms with E-state index in [9.17, 15) is 0 Å². The molecule has 3 rings (SSSR count). The first-order chi connectivity index (χ1) is 8.25. The summed E-state index contributed by atoms with van der Waals surface area (Å²) in [5.41, 5.74) is 5.63. The van der Waals surface area contributed by atoms with Gasteiger partial charge in [-0.1, -0.05) is 35.4 Å². The molecule has 0 amide bonds. The Morgan fingerprint density at radius 1 is 1.12 bits per heavy atom. The minimum atomic E-state index is -0.147. The van der Waals surface area contributed by atoms with Gasteiger partial charge in [0.05, 0.1) is 13.2 Å². The molecule has 0 aromatic heterocycles. The second kappa shape index (κ2) is 4.32. The molecule has 17 heavy (non-hydrogen) atoms. The molecule has 1 saturated heterocycles. The van der Waals surface area contributed by atoms with Crippen LogP contribution in [0.15, 0.2) is 35.4 Å². The quantitative estimate of drug-likeness (QED) is 0.571. The van der Waals surface area contributed by atoms with Crippen LogP contribution in [0.4, 0.5) is 0 Å². The van der Waals surface area contributed by atoms with Gasteiger partial charge in [0.15, 0.2) is 0 Å². The fourth-order valence-electron chi connectivity index (χ4n) is 2.47. The van der Waals surface area contributed by atoms with Crippen molar-refractivity contribution in [1.29, 1.82) is 0 Å². The maximum Gasteiger partial charge on any atom is 0.494 e. The lowest BCUT2D eigenvalue weighted by molar-refractivity contribution is 0.365. The van der Waals surface area contributed by atoms with Crippen LogP contribution >= 0.6 is 0 Å². The maximum absolute atomic E-state index is 5.48. The van der Waals surface area contributed by atoms with Crippen LogP contribution in [0.25, 0.3) is 0 Å². The van der Waals surface area contributed by atoms with Crippen LogP contribution in [0.2, 0.25) is 0 Å². The van der Waals surface area contributed by atoms with Crippen molar-refractivity contribution in [2.45, 2.75) is 26.2 Å². The van der Waals surface area contributed by atoms with Crippen LogP contribution in [0.1, 0.15) is 31.7 Å². The number of hydrogen-bond donors (Lipinski definition) is 0. The summed E-state index contributed by atoms with van der Waals surface area (Å²) in [6.45, 7) is 5.81. The average Bonchev–Trinajstić information content (AvgIpc) is 2.97. The molecule has 1 saturated carbocycles. The molecule has 0 bridgehead atoms. The van der Waals surface area contributed by atoms with Crippen LogP contribution in [0.3, 0.4) is 0 Å². The highest BCUT2D eigenvalue weighted by molar-refractivity contribution is 6.61. The van der Waals surface area contributed by atoms with E-state index in [1.807, 2.05) is 0 Å². The van der Waals surface area contributed by atoms with E-state index in [1.165, 1.54) is 17.6 Å². The fourth-order valence-corrected chi connectivity index (χ4v) is 2.47. The lowest BCUT2D eigenvalue weighted by Crippen LogP contribution is -2.31. The van der Waals surface area contributed by atoms with Crippen molar-refractivity contribution < 1.29 is 9.31 Å². The van der Waals surface area contributed by atoms with Crippen molar-refractivity contribution in [2.75, 3.05) is 13.2 Å². The summed E-state index contributed by atoms with van der Waals surface area (Å²) in [4.78, 5) is 0. The number of benzene rings is 1. The van der Waals surface area contributed by atoms with Gasteiger partial charge >= 0.3 is 7.12 Å². The summed E-state index contributed by atoms with van der Waals surface area (Å²) in [6, 6.07) is 8.68. The summed E-state index contributed by atoms with van der Waals surface area (Å²) < 4.78 is 11.0. The normalized spacial score (nSPS) is 23.1. The fraction of sp³-hybridized carbons (Fsp3) is 0.429. The van der Waals surface area contributed by atoms with Gasteiger partial charge in [0.25, 0.3) is 0 Å². The molecule has 1 aliphatic carbocycles. The molecule has 1 unspecified atom stereocenters. The van der Waals surface area contributed by atoms with Crippen molar-refractivity contribution >= 4 is 12.6 Å². The van der Waals surface area contributed by atoms with Gasteiger partial charge in [-0.25, -0.2) is 0 Å². The second-order valence-electron chi connectivity index (χ2n) is 5.02. The molecule has 0 N–H and O–H groups in total. The molecule has 1 heterocycles. The Balaban J connectivity index is 1.75. The maximum atomic E-state index is 5.48. The molecule has 1 aliphatic heterocycles. The lowest BCUT2D eigenvalue weighted by atomic mass is 9.79. The molecule has 1 aromatic carbocycles. The Labute approximate surface area is 103 Å². The zero-order valence-electron chi connectivity index (χ0n) is 10.4. The van der Waals surface area contributed by atoms with E-state index in [4.69, 9.17) is 9.31 Å². The molecule has 3 heteroatoms. The van der Waals surface area contributed by atoms with Gasteiger partial charge in [-0.2, -0.15) is 0 Å². The third-order valence-corrected chi connectivity index (χ3v) is 3.56. The predicted molar refractivity (Wildman–Crippen MR) is 69.5 cm³/mol. The van der Waals surface area contributed by atoms with Gasteiger partial charge in [0.2, 0.25) is 0 Å². The van der Waals surface area contributed by atoms with E-state index in [1.54, 1.807) is 5.57 Å². The summed E-state index contributed by atoms with van der Waals surface area (Å²) in [7, 11) is -0.147. The van der Waals surface area contributed by atoms with E-state index in [0.717, 1.165) is 5.46 Å². The SMILES string of the molecule is CC(C)=C1CC1c1ccc(B2OCCO2)cc1. The van der Waals surface area contributed by atoms with Crippen molar-refractivity contribution in [3.63, 3.8) is 0 Å². The number of allylic oxidation sites excluding steroid dienone is 2. The Hall–Kier alpha value is -1.06. The Kier molecular flexibility index (Phi) is 2.81. The van der Waals surface area contributed by atoms with E-state index < -0.39 is 0 Å². The van der Waals surface area contributed by atoms with Crippen LogP contribution in [-0.4, -0.2) is 20.3 Å². The third kappa shape index (κ3) is 2.17. The molecule has 2 aliphatic rings. The zero-order chi connectivity index (χ0) is 11.8. The van der Waals surface area contributed by atoms with E-state index >= 15 is 0 Å². The highest BCUT2D eigenvalue weighted by Gasteiger charge is 2.32.